The molecule has 1 amide bonds. The highest BCUT2D eigenvalue weighted by Crippen LogP contribution is 2.56. The molecule has 0 radical (unpaired) electrons. The van der Waals surface area contributed by atoms with Gasteiger partial charge in [0.05, 0.1) is 6.07 Å². The van der Waals surface area contributed by atoms with E-state index in [-0.39, 0.29) is 5.91 Å². The first-order valence-electron chi connectivity index (χ1n) is 6.45. The molecule has 0 N–H and O–H groups in total. The van der Waals surface area contributed by atoms with E-state index in [1.807, 2.05) is 4.90 Å². The van der Waals surface area contributed by atoms with Crippen molar-refractivity contribution in [3.63, 3.8) is 0 Å². The third-order valence-corrected chi connectivity index (χ3v) is 3.99. The summed E-state index contributed by atoms with van der Waals surface area (Å²) in [7, 11) is 0. The Labute approximate surface area is 97.4 Å². The Kier molecular flexibility index (Phi) is 3.18. The summed E-state index contributed by atoms with van der Waals surface area (Å²) in [6.45, 7) is 3.88. The standard InChI is InChI=1S/C13H20N2O/c1-2-3-6-11-9-13(11,10-14)12(16)15-7-4-5-8-15/h11H,2-9H2,1H3/t11-,13+/m1/s1. The molecule has 0 bridgehead atoms. The molecule has 16 heavy (non-hydrogen) atoms. The number of rotatable bonds is 4. The minimum atomic E-state index is -0.625. The fourth-order valence-electron chi connectivity index (χ4n) is 2.78. The number of nitrogens with zero attached hydrogens (tertiary/aromatic N) is 2. The highest BCUT2D eigenvalue weighted by Gasteiger charge is 2.61. The van der Waals surface area contributed by atoms with E-state index in [2.05, 4.69) is 13.0 Å². The van der Waals surface area contributed by atoms with Gasteiger partial charge in [-0.2, -0.15) is 5.26 Å². The number of nitriles is 1. The minimum absolute atomic E-state index is 0.119. The van der Waals surface area contributed by atoms with Gasteiger partial charge in [-0.05, 0) is 31.6 Å². The SMILES string of the molecule is CCCC[C@@H]1C[C@@]1(C#N)C(=O)N1CCCC1. The predicted octanol–water partition coefficient (Wildman–Crippen LogP) is 2.33. The molecule has 0 aromatic rings. The number of likely N-dealkylation sites (tertiary alicyclic amines) is 1. The summed E-state index contributed by atoms with van der Waals surface area (Å²) in [5, 5.41) is 9.26. The highest BCUT2D eigenvalue weighted by molar-refractivity contribution is 5.89. The molecule has 1 aliphatic carbocycles. The van der Waals surface area contributed by atoms with Gasteiger partial charge < -0.3 is 4.90 Å². The molecule has 3 nitrogen and oxygen atoms in total. The Morgan fingerprint density at radius 1 is 1.50 bits per heavy atom. The van der Waals surface area contributed by atoms with Gasteiger partial charge in [0.25, 0.3) is 0 Å². The minimum Gasteiger partial charge on any atom is -0.341 e. The molecule has 2 aliphatic rings. The third kappa shape index (κ3) is 1.81. The quantitative estimate of drug-likeness (QED) is 0.729. The van der Waals surface area contributed by atoms with Crippen molar-refractivity contribution in [1.82, 2.24) is 4.90 Å². The van der Waals surface area contributed by atoms with E-state index in [0.717, 1.165) is 51.6 Å². The topological polar surface area (TPSA) is 44.1 Å². The van der Waals surface area contributed by atoms with Crippen LogP contribution in [0.1, 0.15) is 45.4 Å². The molecule has 2 rings (SSSR count). The van der Waals surface area contributed by atoms with Crippen molar-refractivity contribution in [3.05, 3.63) is 0 Å². The van der Waals surface area contributed by atoms with Crippen molar-refractivity contribution in [2.45, 2.75) is 45.4 Å². The Balaban J connectivity index is 1.96. The smallest absolute Gasteiger partial charge is 0.243 e. The van der Waals surface area contributed by atoms with Crippen LogP contribution in [0.2, 0.25) is 0 Å². The van der Waals surface area contributed by atoms with Crippen LogP contribution in [-0.2, 0) is 4.79 Å². The molecule has 0 aromatic heterocycles. The zero-order valence-electron chi connectivity index (χ0n) is 10.0. The van der Waals surface area contributed by atoms with Gasteiger partial charge in [-0.3, -0.25) is 4.79 Å². The zero-order valence-corrected chi connectivity index (χ0v) is 10.0. The van der Waals surface area contributed by atoms with Crippen LogP contribution < -0.4 is 0 Å². The molecule has 2 atom stereocenters. The molecule has 3 heteroatoms. The summed E-state index contributed by atoms with van der Waals surface area (Å²) in [4.78, 5) is 14.1. The maximum absolute atomic E-state index is 12.2. The number of hydrogen-bond acceptors (Lipinski definition) is 2. The van der Waals surface area contributed by atoms with E-state index in [4.69, 9.17) is 0 Å². The van der Waals surface area contributed by atoms with Crippen LogP contribution in [0.4, 0.5) is 0 Å². The van der Waals surface area contributed by atoms with E-state index in [9.17, 15) is 10.1 Å². The van der Waals surface area contributed by atoms with Crippen LogP contribution in [0.3, 0.4) is 0 Å². The Bertz CT molecular complexity index is 314. The van der Waals surface area contributed by atoms with Crippen LogP contribution >= 0.6 is 0 Å². The lowest BCUT2D eigenvalue weighted by atomic mass is 10.0. The fourth-order valence-corrected chi connectivity index (χ4v) is 2.78. The lowest BCUT2D eigenvalue weighted by molar-refractivity contribution is -0.134. The summed E-state index contributed by atoms with van der Waals surface area (Å²) in [6.07, 6.45) is 6.35. The second-order valence-corrected chi connectivity index (χ2v) is 5.13. The number of carbonyl (C=O) groups excluding carboxylic acids is 1. The monoisotopic (exact) mass is 220 g/mol. The van der Waals surface area contributed by atoms with Gasteiger partial charge in [0, 0.05) is 13.1 Å². The molecular weight excluding hydrogens is 200 g/mol. The lowest BCUT2D eigenvalue weighted by Gasteiger charge is -2.19. The first-order valence-corrected chi connectivity index (χ1v) is 6.45. The Morgan fingerprint density at radius 3 is 2.75 bits per heavy atom. The van der Waals surface area contributed by atoms with Crippen molar-refractivity contribution >= 4 is 5.91 Å². The van der Waals surface area contributed by atoms with Crippen molar-refractivity contribution in [2.24, 2.45) is 11.3 Å². The van der Waals surface area contributed by atoms with Crippen molar-refractivity contribution in [2.75, 3.05) is 13.1 Å². The maximum atomic E-state index is 12.2. The number of amides is 1. The van der Waals surface area contributed by atoms with Crippen LogP contribution in [0.25, 0.3) is 0 Å². The molecule has 1 heterocycles. The van der Waals surface area contributed by atoms with Gasteiger partial charge in [-0.1, -0.05) is 19.8 Å². The Hall–Kier alpha value is -1.04. The van der Waals surface area contributed by atoms with E-state index in [1.165, 1.54) is 0 Å². The van der Waals surface area contributed by atoms with E-state index in [0.29, 0.717) is 5.92 Å². The van der Waals surface area contributed by atoms with Gasteiger partial charge in [0.2, 0.25) is 5.91 Å². The normalized spacial score (nSPS) is 32.5. The first kappa shape index (κ1) is 11.4. The van der Waals surface area contributed by atoms with Crippen LogP contribution in [-0.4, -0.2) is 23.9 Å². The molecule has 0 aromatic carbocycles. The molecule has 2 fully saturated rings. The van der Waals surface area contributed by atoms with Crippen molar-refractivity contribution < 1.29 is 4.79 Å². The second-order valence-electron chi connectivity index (χ2n) is 5.13. The number of carbonyl (C=O) groups is 1. The van der Waals surface area contributed by atoms with Crippen LogP contribution in [0.15, 0.2) is 0 Å². The molecule has 0 spiro atoms. The van der Waals surface area contributed by atoms with Crippen molar-refractivity contribution in [3.8, 4) is 6.07 Å². The third-order valence-electron chi connectivity index (χ3n) is 3.99. The first-order chi connectivity index (χ1) is 7.74. The fraction of sp³-hybridized carbons (Fsp3) is 0.846. The van der Waals surface area contributed by atoms with Crippen LogP contribution in [0, 0.1) is 22.7 Å². The maximum Gasteiger partial charge on any atom is 0.243 e. The highest BCUT2D eigenvalue weighted by atomic mass is 16.2. The summed E-state index contributed by atoms with van der Waals surface area (Å²) in [6, 6.07) is 2.30. The average Bonchev–Trinajstić information content (AvgIpc) is 2.75. The largest absolute Gasteiger partial charge is 0.341 e. The van der Waals surface area contributed by atoms with Crippen LogP contribution in [0.5, 0.6) is 0 Å². The van der Waals surface area contributed by atoms with Gasteiger partial charge in [-0.15, -0.1) is 0 Å². The molecule has 1 saturated heterocycles. The van der Waals surface area contributed by atoms with Gasteiger partial charge in [-0.25, -0.2) is 0 Å². The molecule has 1 aliphatic heterocycles. The zero-order chi connectivity index (χ0) is 11.6. The predicted molar refractivity (Wildman–Crippen MR) is 61.5 cm³/mol. The molecule has 1 saturated carbocycles. The van der Waals surface area contributed by atoms with Gasteiger partial charge >= 0.3 is 0 Å². The van der Waals surface area contributed by atoms with Gasteiger partial charge in [0.1, 0.15) is 5.41 Å². The number of unbranched alkanes of at least 4 members (excludes halogenated alkanes) is 1. The van der Waals surface area contributed by atoms with Gasteiger partial charge in [0.15, 0.2) is 0 Å². The van der Waals surface area contributed by atoms with E-state index in [1.54, 1.807) is 0 Å². The molecule has 0 unspecified atom stereocenters. The number of hydrogen-bond donors (Lipinski definition) is 0. The van der Waals surface area contributed by atoms with E-state index < -0.39 is 5.41 Å². The Morgan fingerprint density at radius 2 is 2.19 bits per heavy atom. The lowest BCUT2D eigenvalue weighted by Crippen LogP contribution is -2.35. The average molecular weight is 220 g/mol. The molecular formula is C13H20N2O. The summed E-state index contributed by atoms with van der Waals surface area (Å²) in [5.74, 6) is 0.458. The summed E-state index contributed by atoms with van der Waals surface area (Å²) < 4.78 is 0. The molecule has 88 valence electrons. The summed E-state index contributed by atoms with van der Waals surface area (Å²) in [5.41, 5.74) is -0.625. The summed E-state index contributed by atoms with van der Waals surface area (Å²) >= 11 is 0. The van der Waals surface area contributed by atoms with E-state index >= 15 is 0 Å². The second kappa shape index (κ2) is 4.45. The van der Waals surface area contributed by atoms with Crippen molar-refractivity contribution in [1.29, 1.82) is 5.26 Å².